The molecule has 0 saturated carbocycles. The van der Waals surface area contributed by atoms with Crippen LogP contribution in [-0.4, -0.2) is 38.9 Å². The molecule has 2 aromatic rings. The molecule has 0 radical (unpaired) electrons. The van der Waals surface area contributed by atoms with Gasteiger partial charge in [-0.2, -0.15) is 0 Å². The van der Waals surface area contributed by atoms with Crippen LogP contribution in [0.3, 0.4) is 0 Å². The molecule has 0 saturated heterocycles. The van der Waals surface area contributed by atoms with Gasteiger partial charge in [-0.15, -0.1) is 0 Å². The Balaban J connectivity index is 1.91. The maximum atomic E-state index is 13.5. The van der Waals surface area contributed by atoms with Crippen molar-refractivity contribution < 1.29 is 9.59 Å². The largest absolute Gasteiger partial charge is 0.350 e. The highest BCUT2D eigenvalue weighted by Gasteiger charge is 2.30. The van der Waals surface area contributed by atoms with E-state index in [0.29, 0.717) is 30.5 Å². The number of carbonyl (C=O) groups is 2. The van der Waals surface area contributed by atoms with E-state index in [-0.39, 0.29) is 17.9 Å². The van der Waals surface area contributed by atoms with Gasteiger partial charge in [0.05, 0.1) is 5.69 Å². The number of hydrogen-bond donors (Lipinski definition) is 1. The lowest BCUT2D eigenvalue weighted by atomic mass is 10.1. The lowest BCUT2D eigenvalue weighted by Crippen LogP contribution is -2.38. The Labute approximate surface area is 173 Å². The van der Waals surface area contributed by atoms with Gasteiger partial charge in [-0.1, -0.05) is 44.2 Å². The van der Waals surface area contributed by atoms with Crippen LogP contribution in [0.5, 0.6) is 0 Å². The standard InChI is InChI=1S/C23H32N4O2/c1-16(2)14-24-22(28)20-19-12-8-9-13-26(19)21(25-20)23(29)27(17(3)4)15-18-10-6-5-7-11-18/h5-7,10-11,16-17H,8-9,12-15H2,1-4H3,(H,24,28). The predicted octanol–water partition coefficient (Wildman–Crippen LogP) is 3.66. The van der Waals surface area contributed by atoms with Crippen LogP contribution in [0.1, 0.15) is 72.9 Å². The van der Waals surface area contributed by atoms with E-state index in [1.54, 1.807) is 0 Å². The van der Waals surface area contributed by atoms with Crippen LogP contribution in [0, 0.1) is 5.92 Å². The van der Waals surface area contributed by atoms with Crippen LogP contribution in [0.25, 0.3) is 0 Å². The van der Waals surface area contributed by atoms with Crippen molar-refractivity contribution in [2.45, 2.75) is 66.1 Å². The normalized spacial score (nSPS) is 13.4. The second-order valence-electron chi connectivity index (χ2n) is 8.46. The van der Waals surface area contributed by atoms with Crippen molar-refractivity contribution in [3.05, 3.63) is 53.1 Å². The molecule has 0 atom stereocenters. The van der Waals surface area contributed by atoms with E-state index in [4.69, 9.17) is 0 Å². The minimum atomic E-state index is -0.178. The van der Waals surface area contributed by atoms with E-state index in [1.807, 2.05) is 53.6 Å². The van der Waals surface area contributed by atoms with Gasteiger partial charge in [-0.25, -0.2) is 4.98 Å². The zero-order chi connectivity index (χ0) is 21.0. The number of benzene rings is 1. The number of imidazole rings is 1. The van der Waals surface area contributed by atoms with Crippen LogP contribution in [0.2, 0.25) is 0 Å². The summed E-state index contributed by atoms with van der Waals surface area (Å²) >= 11 is 0. The molecule has 0 fully saturated rings. The second-order valence-corrected chi connectivity index (χ2v) is 8.46. The minimum absolute atomic E-state index is 0.0254. The molecule has 0 unspecified atom stereocenters. The van der Waals surface area contributed by atoms with Crippen LogP contribution in [-0.2, 0) is 19.5 Å². The summed E-state index contributed by atoms with van der Waals surface area (Å²) in [7, 11) is 0. The summed E-state index contributed by atoms with van der Waals surface area (Å²) < 4.78 is 1.97. The lowest BCUT2D eigenvalue weighted by Gasteiger charge is -2.27. The Morgan fingerprint density at radius 1 is 1.14 bits per heavy atom. The second kappa shape index (κ2) is 9.25. The molecule has 156 valence electrons. The average molecular weight is 397 g/mol. The number of nitrogens with one attached hydrogen (secondary N) is 1. The maximum Gasteiger partial charge on any atom is 0.290 e. The Bertz CT molecular complexity index is 855. The molecule has 0 aliphatic carbocycles. The number of nitrogens with zero attached hydrogens (tertiary/aromatic N) is 3. The molecule has 3 rings (SSSR count). The van der Waals surface area contributed by atoms with Crippen molar-refractivity contribution in [3.63, 3.8) is 0 Å². The average Bonchev–Trinajstić information content (AvgIpc) is 3.10. The van der Waals surface area contributed by atoms with Crippen LogP contribution < -0.4 is 5.32 Å². The molecule has 6 heteroatoms. The van der Waals surface area contributed by atoms with Gasteiger partial charge >= 0.3 is 0 Å². The van der Waals surface area contributed by atoms with Crippen LogP contribution >= 0.6 is 0 Å². The highest BCUT2D eigenvalue weighted by Crippen LogP contribution is 2.23. The smallest absolute Gasteiger partial charge is 0.290 e. The third-order valence-corrected chi connectivity index (χ3v) is 5.28. The molecular weight excluding hydrogens is 364 g/mol. The number of carbonyl (C=O) groups excluding carboxylic acids is 2. The minimum Gasteiger partial charge on any atom is -0.350 e. The van der Waals surface area contributed by atoms with Gasteiger partial charge in [0, 0.05) is 25.7 Å². The number of amides is 2. The van der Waals surface area contributed by atoms with E-state index in [9.17, 15) is 9.59 Å². The van der Waals surface area contributed by atoms with Gasteiger partial charge in [0.2, 0.25) is 0 Å². The summed E-state index contributed by atoms with van der Waals surface area (Å²) in [4.78, 5) is 32.6. The van der Waals surface area contributed by atoms with Gasteiger partial charge in [0.25, 0.3) is 11.8 Å². The molecule has 0 spiro atoms. The molecule has 0 bridgehead atoms. The van der Waals surface area contributed by atoms with Crippen molar-refractivity contribution in [2.24, 2.45) is 5.92 Å². The summed E-state index contributed by atoms with van der Waals surface area (Å²) in [5, 5.41) is 2.95. The quantitative estimate of drug-likeness (QED) is 0.777. The predicted molar refractivity (Wildman–Crippen MR) is 114 cm³/mol. The van der Waals surface area contributed by atoms with Gasteiger partial charge < -0.3 is 14.8 Å². The third kappa shape index (κ3) is 4.86. The Kier molecular flexibility index (Phi) is 6.72. The monoisotopic (exact) mass is 396 g/mol. The van der Waals surface area contributed by atoms with Gasteiger partial charge in [-0.05, 0) is 44.6 Å². The van der Waals surface area contributed by atoms with Crippen molar-refractivity contribution in [2.75, 3.05) is 6.54 Å². The Morgan fingerprint density at radius 3 is 2.52 bits per heavy atom. The van der Waals surface area contributed by atoms with Crippen LogP contribution in [0.15, 0.2) is 30.3 Å². The molecule has 1 N–H and O–H groups in total. The topological polar surface area (TPSA) is 67.2 Å². The summed E-state index contributed by atoms with van der Waals surface area (Å²) in [5.41, 5.74) is 2.39. The van der Waals surface area contributed by atoms with Crippen molar-refractivity contribution >= 4 is 11.8 Å². The van der Waals surface area contributed by atoms with E-state index in [2.05, 4.69) is 24.1 Å². The zero-order valence-corrected chi connectivity index (χ0v) is 17.9. The number of rotatable bonds is 7. The molecule has 6 nitrogen and oxygen atoms in total. The molecule has 1 aliphatic heterocycles. The van der Waals surface area contributed by atoms with Gasteiger partial charge in [-0.3, -0.25) is 9.59 Å². The highest BCUT2D eigenvalue weighted by molar-refractivity contribution is 5.97. The number of fused-ring (bicyclic) bond motifs is 1. The van der Waals surface area contributed by atoms with Crippen molar-refractivity contribution in [1.29, 1.82) is 0 Å². The van der Waals surface area contributed by atoms with Crippen molar-refractivity contribution in [3.8, 4) is 0 Å². The molecule has 1 aliphatic rings. The van der Waals surface area contributed by atoms with E-state index in [0.717, 1.165) is 37.1 Å². The third-order valence-electron chi connectivity index (χ3n) is 5.28. The first kappa shape index (κ1) is 21.1. The fourth-order valence-electron chi connectivity index (χ4n) is 3.67. The first-order chi connectivity index (χ1) is 13.9. The van der Waals surface area contributed by atoms with E-state index < -0.39 is 0 Å². The maximum absolute atomic E-state index is 13.5. The molecule has 1 aromatic carbocycles. The molecular formula is C23H32N4O2. The fourth-order valence-corrected chi connectivity index (χ4v) is 3.67. The summed E-state index contributed by atoms with van der Waals surface area (Å²) in [6, 6.07) is 10.00. The number of hydrogen-bond acceptors (Lipinski definition) is 3. The zero-order valence-electron chi connectivity index (χ0n) is 17.9. The highest BCUT2D eigenvalue weighted by atomic mass is 16.2. The Hall–Kier alpha value is -2.63. The van der Waals surface area contributed by atoms with E-state index in [1.165, 1.54) is 0 Å². The Morgan fingerprint density at radius 2 is 1.86 bits per heavy atom. The van der Waals surface area contributed by atoms with Crippen molar-refractivity contribution in [1.82, 2.24) is 19.8 Å². The number of aromatic nitrogens is 2. The summed E-state index contributed by atoms with van der Waals surface area (Å²) in [6.45, 7) is 9.99. The molecule has 1 aromatic heterocycles. The summed E-state index contributed by atoms with van der Waals surface area (Å²) in [5.74, 6) is 0.456. The van der Waals surface area contributed by atoms with E-state index >= 15 is 0 Å². The fraction of sp³-hybridized carbons (Fsp3) is 0.522. The lowest BCUT2D eigenvalue weighted by molar-refractivity contribution is 0.0671. The molecule has 29 heavy (non-hydrogen) atoms. The van der Waals surface area contributed by atoms with Gasteiger partial charge in [0.15, 0.2) is 5.82 Å². The van der Waals surface area contributed by atoms with Crippen LogP contribution in [0.4, 0.5) is 0 Å². The first-order valence-corrected chi connectivity index (χ1v) is 10.6. The summed E-state index contributed by atoms with van der Waals surface area (Å²) in [6.07, 6.45) is 2.80. The first-order valence-electron chi connectivity index (χ1n) is 10.6. The molecule has 2 heterocycles. The van der Waals surface area contributed by atoms with Gasteiger partial charge in [0.1, 0.15) is 5.69 Å². The SMILES string of the molecule is CC(C)CNC(=O)c1nc(C(=O)N(Cc2ccccc2)C(C)C)n2c1CCCC2. The molecule has 2 amide bonds.